The lowest BCUT2D eigenvalue weighted by molar-refractivity contribution is 0.0525. The number of halogens is 2. The maximum atomic E-state index is 13.9. The fourth-order valence-corrected chi connectivity index (χ4v) is 1.79. The minimum absolute atomic E-state index is 0.0304. The van der Waals surface area contributed by atoms with Crippen molar-refractivity contribution in [2.45, 2.75) is 6.92 Å². The molecule has 0 aliphatic heterocycles. The SMILES string of the molecule is CCOC(=O)c1cc(F)c(N/N=C(\C#N)C(=N)N)c(Br)c1. The fourth-order valence-electron chi connectivity index (χ4n) is 1.27. The number of rotatable bonds is 5. The van der Waals surface area contributed by atoms with Crippen LogP contribution in [0.2, 0.25) is 0 Å². The third-order valence-corrected chi connectivity index (χ3v) is 2.82. The monoisotopic (exact) mass is 355 g/mol. The number of ether oxygens (including phenoxy) is 1. The fraction of sp³-hybridized carbons (Fsp3) is 0.167. The average Bonchev–Trinajstić information content (AvgIpc) is 2.41. The molecule has 4 N–H and O–H groups in total. The molecule has 0 bridgehead atoms. The number of esters is 1. The molecule has 9 heteroatoms. The minimum Gasteiger partial charge on any atom is -0.462 e. The van der Waals surface area contributed by atoms with Crippen LogP contribution in [0.15, 0.2) is 21.7 Å². The standard InChI is InChI=1S/C12H11BrFN5O2/c1-2-21-12(20)6-3-7(13)10(8(14)4-6)19-18-9(5-15)11(16)17/h3-4,19H,2H2,1H3,(H3,16,17)/b18-9+. The van der Waals surface area contributed by atoms with Crippen LogP contribution in [0.4, 0.5) is 10.1 Å². The number of anilines is 1. The Morgan fingerprint density at radius 1 is 1.67 bits per heavy atom. The highest BCUT2D eigenvalue weighted by molar-refractivity contribution is 9.10. The van der Waals surface area contributed by atoms with Gasteiger partial charge in [-0.15, -0.1) is 0 Å². The molecule has 0 aliphatic rings. The van der Waals surface area contributed by atoms with Crippen LogP contribution < -0.4 is 11.2 Å². The van der Waals surface area contributed by atoms with Crippen LogP contribution in [0.5, 0.6) is 0 Å². The number of nitrogens with two attached hydrogens (primary N) is 1. The molecule has 1 aromatic rings. The number of nitrogens with one attached hydrogen (secondary N) is 2. The Morgan fingerprint density at radius 3 is 2.81 bits per heavy atom. The van der Waals surface area contributed by atoms with E-state index in [2.05, 4.69) is 26.5 Å². The van der Waals surface area contributed by atoms with E-state index in [4.69, 9.17) is 21.1 Å². The number of carbonyl (C=O) groups excluding carboxylic acids is 1. The molecule has 110 valence electrons. The molecule has 0 radical (unpaired) electrons. The molecule has 0 amide bonds. The number of hydrazone groups is 1. The summed E-state index contributed by atoms with van der Waals surface area (Å²) in [6, 6.07) is 3.90. The first-order valence-electron chi connectivity index (χ1n) is 5.65. The summed E-state index contributed by atoms with van der Waals surface area (Å²) in [7, 11) is 0. The molecule has 7 nitrogen and oxygen atoms in total. The highest BCUT2D eigenvalue weighted by atomic mass is 79.9. The van der Waals surface area contributed by atoms with Gasteiger partial charge >= 0.3 is 5.97 Å². The zero-order chi connectivity index (χ0) is 16.0. The van der Waals surface area contributed by atoms with Crippen LogP contribution in [0.25, 0.3) is 0 Å². The lowest BCUT2D eigenvalue weighted by Gasteiger charge is -2.08. The van der Waals surface area contributed by atoms with Crippen molar-refractivity contribution in [2.75, 3.05) is 12.0 Å². The number of nitriles is 1. The number of nitrogens with zero attached hydrogens (tertiary/aromatic N) is 2. The van der Waals surface area contributed by atoms with Gasteiger partial charge in [0.1, 0.15) is 17.6 Å². The quantitative estimate of drug-likeness (QED) is 0.322. The Balaban J connectivity index is 3.09. The summed E-state index contributed by atoms with van der Waals surface area (Å²) in [5.74, 6) is -1.99. The topological polar surface area (TPSA) is 124 Å². The highest BCUT2D eigenvalue weighted by Gasteiger charge is 2.15. The van der Waals surface area contributed by atoms with Gasteiger partial charge in [0.25, 0.3) is 0 Å². The van der Waals surface area contributed by atoms with E-state index >= 15 is 0 Å². The number of amidine groups is 1. The van der Waals surface area contributed by atoms with Gasteiger partial charge in [0.05, 0.1) is 12.2 Å². The van der Waals surface area contributed by atoms with Gasteiger partial charge in [0.2, 0.25) is 5.71 Å². The molecule has 0 aromatic heterocycles. The number of benzene rings is 1. The maximum absolute atomic E-state index is 13.9. The summed E-state index contributed by atoms with van der Waals surface area (Å²) in [5, 5.41) is 19.3. The Morgan fingerprint density at radius 2 is 2.33 bits per heavy atom. The largest absolute Gasteiger partial charge is 0.462 e. The van der Waals surface area contributed by atoms with E-state index in [1.165, 1.54) is 6.07 Å². The van der Waals surface area contributed by atoms with Crippen molar-refractivity contribution in [1.29, 1.82) is 10.7 Å². The second-order valence-corrected chi connectivity index (χ2v) is 4.49. The zero-order valence-corrected chi connectivity index (χ0v) is 12.5. The molecule has 0 heterocycles. The summed E-state index contributed by atoms with van der Waals surface area (Å²) >= 11 is 3.08. The van der Waals surface area contributed by atoms with Gasteiger partial charge in [0, 0.05) is 4.47 Å². The number of hydrogen-bond acceptors (Lipinski definition) is 6. The summed E-state index contributed by atoms with van der Waals surface area (Å²) in [6.07, 6.45) is 0. The molecule has 0 atom stereocenters. The van der Waals surface area contributed by atoms with E-state index in [0.717, 1.165) is 6.07 Å². The van der Waals surface area contributed by atoms with Crippen LogP contribution in [0.3, 0.4) is 0 Å². The first-order valence-corrected chi connectivity index (χ1v) is 6.44. The summed E-state index contributed by atoms with van der Waals surface area (Å²) in [4.78, 5) is 11.5. The van der Waals surface area contributed by atoms with Crippen molar-refractivity contribution in [3.8, 4) is 6.07 Å². The molecular weight excluding hydrogens is 345 g/mol. The molecule has 0 aliphatic carbocycles. The molecule has 0 saturated carbocycles. The molecule has 0 saturated heterocycles. The third kappa shape index (κ3) is 4.25. The van der Waals surface area contributed by atoms with Crippen molar-refractivity contribution >= 4 is 39.1 Å². The molecule has 1 aromatic carbocycles. The summed E-state index contributed by atoms with van der Waals surface area (Å²) < 4.78 is 18.9. The predicted molar refractivity (Wildman–Crippen MR) is 78.6 cm³/mol. The Bertz CT molecular complexity index is 631. The summed E-state index contributed by atoms with van der Waals surface area (Å²) in [6.45, 7) is 1.81. The van der Waals surface area contributed by atoms with Gasteiger partial charge in [-0.2, -0.15) is 10.4 Å². The first kappa shape index (κ1) is 16.6. The van der Waals surface area contributed by atoms with Crippen LogP contribution in [-0.2, 0) is 4.74 Å². The molecule has 0 unspecified atom stereocenters. The Kier molecular flexibility index (Phi) is 5.80. The number of hydrogen-bond donors (Lipinski definition) is 3. The molecule has 0 spiro atoms. The highest BCUT2D eigenvalue weighted by Crippen LogP contribution is 2.27. The van der Waals surface area contributed by atoms with E-state index in [-0.39, 0.29) is 22.3 Å². The first-order chi connectivity index (χ1) is 9.90. The van der Waals surface area contributed by atoms with E-state index < -0.39 is 23.3 Å². The lowest BCUT2D eigenvalue weighted by atomic mass is 10.2. The van der Waals surface area contributed by atoms with Crippen molar-refractivity contribution in [3.05, 3.63) is 28.0 Å². The van der Waals surface area contributed by atoms with Crippen molar-refractivity contribution in [1.82, 2.24) is 0 Å². The van der Waals surface area contributed by atoms with Gasteiger partial charge in [-0.3, -0.25) is 10.8 Å². The van der Waals surface area contributed by atoms with Crippen molar-refractivity contribution < 1.29 is 13.9 Å². The summed E-state index contributed by atoms with van der Waals surface area (Å²) in [5.41, 5.74) is 6.93. The molecule has 0 fully saturated rings. The Labute approximate surface area is 128 Å². The van der Waals surface area contributed by atoms with E-state index in [1.807, 2.05) is 0 Å². The smallest absolute Gasteiger partial charge is 0.338 e. The van der Waals surface area contributed by atoms with Gasteiger partial charge in [-0.1, -0.05) is 0 Å². The van der Waals surface area contributed by atoms with E-state index in [9.17, 15) is 9.18 Å². The van der Waals surface area contributed by atoms with E-state index in [0.29, 0.717) is 0 Å². The Hall–Kier alpha value is -2.47. The second-order valence-electron chi connectivity index (χ2n) is 3.63. The van der Waals surface area contributed by atoms with Gasteiger partial charge in [-0.25, -0.2) is 9.18 Å². The minimum atomic E-state index is -0.781. The average molecular weight is 356 g/mol. The van der Waals surface area contributed by atoms with Crippen molar-refractivity contribution in [2.24, 2.45) is 10.8 Å². The lowest BCUT2D eigenvalue weighted by Crippen LogP contribution is -2.22. The van der Waals surface area contributed by atoms with Crippen LogP contribution in [-0.4, -0.2) is 24.1 Å². The second kappa shape index (κ2) is 7.35. The van der Waals surface area contributed by atoms with Gasteiger partial charge in [0.15, 0.2) is 5.84 Å². The van der Waals surface area contributed by atoms with Crippen LogP contribution in [0.1, 0.15) is 17.3 Å². The maximum Gasteiger partial charge on any atom is 0.338 e. The van der Waals surface area contributed by atoms with Crippen LogP contribution >= 0.6 is 15.9 Å². The number of carbonyl (C=O) groups is 1. The zero-order valence-electron chi connectivity index (χ0n) is 10.9. The third-order valence-electron chi connectivity index (χ3n) is 2.19. The normalized spacial score (nSPS) is 10.7. The van der Waals surface area contributed by atoms with E-state index in [1.54, 1.807) is 13.0 Å². The molecule has 21 heavy (non-hydrogen) atoms. The predicted octanol–water partition coefficient (Wildman–Crippen LogP) is 1.99. The van der Waals surface area contributed by atoms with Crippen LogP contribution in [0, 0.1) is 22.6 Å². The molecule has 1 rings (SSSR count). The molecular formula is C12H11BrFN5O2. The van der Waals surface area contributed by atoms with Gasteiger partial charge in [-0.05, 0) is 35.0 Å². The van der Waals surface area contributed by atoms with Crippen molar-refractivity contribution in [3.63, 3.8) is 0 Å². The van der Waals surface area contributed by atoms with Gasteiger partial charge < -0.3 is 10.5 Å².